The molecular formula is C23H20N4O. The van der Waals surface area contributed by atoms with E-state index in [4.69, 9.17) is 0 Å². The Hall–Kier alpha value is -3.73. The van der Waals surface area contributed by atoms with Gasteiger partial charge in [-0.2, -0.15) is 9.78 Å². The molecule has 0 saturated carbocycles. The van der Waals surface area contributed by atoms with E-state index in [-0.39, 0.29) is 6.03 Å². The van der Waals surface area contributed by atoms with E-state index in [9.17, 15) is 4.79 Å². The lowest BCUT2D eigenvalue weighted by Crippen LogP contribution is -2.30. The molecule has 2 aromatic heterocycles. The summed E-state index contributed by atoms with van der Waals surface area (Å²) in [7, 11) is 1.78. The summed E-state index contributed by atoms with van der Waals surface area (Å²) in [5, 5.41) is 4.24. The number of hydrogen-bond acceptors (Lipinski definition) is 3. The summed E-state index contributed by atoms with van der Waals surface area (Å²) < 4.78 is 1.38. The smallest absolute Gasteiger partial charge is 0.322 e. The molecule has 2 heterocycles. The summed E-state index contributed by atoms with van der Waals surface area (Å²) in [4.78, 5) is 18.5. The maximum Gasteiger partial charge on any atom is 0.344 e. The zero-order valence-corrected chi connectivity index (χ0v) is 15.6. The third-order valence-electron chi connectivity index (χ3n) is 4.57. The largest absolute Gasteiger partial charge is 0.344 e. The highest BCUT2D eigenvalue weighted by Crippen LogP contribution is 2.21. The Balaban J connectivity index is 1.49. The van der Waals surface area contributed by atoms with Gasteiger partial charge in [0, 0.05) is 37.7 Å². The fraction of sp³-hybridized carbons (Fsp3) is 0.0870. The Labute approximate surface area is 163 Å². The van der Waals surface area contributed by atoms with Gasteiger partial charge >= 0.3 is 6.03 Å². The van der Waals surface area contributed by atoms with Crippen LogP contribution in [0.4, 0.5) is 4.79 Å². The van der Waals surface area contributed by atoms with Crippen molar-refractivity contribution >= 4 is 6.03 Å². The highest BCUT2D eigenvalue weighted by atomic mass is 16.2. The van der Waals surface area contributed by atoms with Crippen LogP contribution in [0.3, 0.4) is 0 Å². The molecule has 5 nitrogen and oxygen atoms in total. The number of nitrogens with zero attached hydrogens (tertiary/aromatic N) is 4. The van der Waals surface area contributed by atoms with Gasteiger partial charge in [-0.3, -0.25) is 4.98 Å². The van der Waals surface area contributed by atoms with E-state index < -0.39 is 0 Å². The molecule has 4 aromatic rings. The molecule has 0 fully saturated rings. The van der Waals surface area contributed by atoms with E-state index in [1.165, 1.54) is 4.68 Å². The third kappa shape index (κ3) is 3.83. The van der Waals surface area contributed by atoms with Crippen molar-refractivity contribution in [2.45, 2.75) is 6.54 Å². The highest BCUT2D eigenvalue weighted by Gasteiger charge is 2.14. The van der Waals surface area contributed by atoms with Crippen LogP contribution in [-0.4, -0.2) is 32.7 Å². The second-order valence-electron chi connectivity index (χ2n) is 6.61. The molecule has 4 rings (SSSR count). The van der Waals surface area contributed by atoms with E-state index in [0.717, 1.165) is 27.8 Å². The van der Waals surface area contributed by atoms with Gasteiger partial charge in [-0.1, -0.05) is 48.5 Å². The van der Waals surface area contributed by atoms with E-state index in [1.54, 1.807) is 36.7 Å². The van der Waals surface area contributed by atoms with Crippen LogP contribution in [0.25, 0.3) is 22.3 Å². The minimum absolute atomic E-state index is 0.170. The average Bonchev–Trinajstić information content (AvgIpc) is 3.25. The lowest BCUT2D eigenvalue weighted by atomic mass is 10.0. The van der Waals surface area contributed by atoms with Gasteiger partial charge in [0.25, 0.3) is 0 Å². The number of amides is 1. The number of carbonyl (C=O) groups is 1. The van der Waals surface area contributed by atoms with Crippen LogP contribution in [0.5, 0.6) is 0 Å². The number of pyridine rings is 1. The molecule has 2 aromatic carbocycles. The second-order valence-corrected chi connectivity index (χ2v) is 6.61. The molecule has 0 aliphatic heterocycles. The van der Waals surface area contributed by atoms with Crippen molar-refractivity contribution in [1.29, 1.82) is 0 Å². The van der Waals surface area contributed by atoms with E-state index >= 15 is 0 Å². The van der Waals surface area contributed by atoms with Gasteiger partial charge in [-0.15, -0.1) is 0 Å². The normalized spacial score (nSPS) is 10.6. The van der Waals surface area contributed by atoms with Crippen molar-refractivity contribution in [1.82, 2.24) is 19.7 Å². The molecule has 0 aliphatic rings. The topological polar surface area (TPSA) is 51.0 Å². The molecule has 0 bridgehead atoms. The molecule has 138 valence electrons. The quantitative estimate of drug-likeness (QED) is 0.524. The molecule has 1 amide bonds. The zero-order chi connectivity index (χ0) is 19.3. The van der Waals surface area contributed by atoms with Crippen LogP contribution in [0.2, 0.25) is 0 Å². The SMILES string of the molecule is CN(Cc1cccc(-c2ccncc2)c1)C(=O)n1cc(-c2ccccc2)cn1. The van der Waals surface area contributed by atoms with Crippen LogP contribution in [-0.2, 0) is 6.54 Å². The van der Waals surface area contributed by atoms with Crippen molar-refractivity contribution < 1.29 is 4.79 Å². The highest BCUT2D eigenvalue weighted by molar-refractivity contribution is 5.77. The third-order valence-corrected chi connectivity index (χ3v) is 4.57. The van der Waals surface area contributed by atoms with Crippen molar-refractivity contribution in [3.05, 3.63) is 97.1 Å². The molecule has 5 heteroatoms. The second kappa shape index (κ2) is 7.88. The Morgan fingerprint density at radius 3 is 2.39 bits per heavy atom. The molecule has 0 aliphatic carbocycles. The first-order valence-electron chi connectivity index (χ1n) is 9.05. The first kappa shape index (κ1) is 17.7. The van der Waals surface area contributed by atoms with Gasteiger partial charge in [-0.05, 0) is 40.5 Å². The number of carbonyl (C=O) groups excluding carboxylic acids is 1. The molecule has 0 radical (unpaired) electrons. The van der Waals surface area contributed by atoms with Crippen LogP contribution < -0.4 is 0 Å². The maximum atomic E-state index is 12.8. The predicted molar refractivity (Wildman–Crippen MR) is 110 cm³/mol. The molecule has 0 N–H and O–H groups in total. The predicted octanol–water partition coefficient (Wildman–Crippen LogP) is 4.71. The van der Waals surface area contributed by atoms with Crippen LogP contribution in [0, 0.1) is 0 Å². The monoisotopic (exact) mass is 368 g/mol. The van der Waals surface area contributed by atoms with E-state index in [2.05, 4.69) is 22.2 Å². The summed E-state index contributed by atoms with van der Waals surface area (Å²) >= 11 is 0. The molecule has 0 atom stereocenters. The Kier molecular flexibility index (Phi) is 4.97. The van der Waals surface area contributed by atoms with Crippen molar-refractivity contribution in [3.63, 3.8) is 0 Å². The number of rotatable bonds is 4. The lowest BCUT2D eigenvalue weighted by molar-refractivity contribution is 0.205. The summed E-state index contributed by atoms with van der Waals surface area (Å²) in [6.45, 7) is 0.498. The number of aromatic nitrogens is 3. The van der Waals surface area contributed by atoms with Crippen LogP contribution >= 0.6 is 0 Å². The number of hydrogen-bond donors (Lipinski definition) is 0. The number of benzene rings is 2. The lowest BCUT2D eigenvalue weighted by Gasteiger charge is -2.17. The van der Waals surface area contributed by atoms with Gasteiger partial charge in [-0.25, -0.2) is 4.79 Å². The average molecular weight is 368 g/mol. The van der Waals surface area contributed by atoms with Gasteiger partial charge in [0.05, 0.1) is 6.20 Å². The zero-order valence-electron chi connectivity index (χ0n) is 15.6. The molecule has 0 saturated heterocycles. The van der Waals surface area contributed by atoms with Crippen molar-refractivity contribution in [3.8, 4) is 22.3 Å². The standard InChI is InChI=1S/C23H20N4O/c1-26(16-18-6-5-9-21(14-18)20-10-12-24-13-11-20)23(28)27-17-22(15-25-27)19-7-3-2-4-8-19/h2-15,17H,16H2,1H3. The van der Waals surface area contributed by atoms with Crippen LogP contribution in [0.1, 0.15) is 5.56 Å². The Bertz CT molecular complexity index is 1070. The fourth-order valence-electron chi connectivity index (χ4n) is 3.12. The van der Waals surface area contributed by atoms with Gasteiger partial charge in [0.15, 0.2) is 0 Å². The van der Waals surface area contributed by atoms with E-state index in [0.29, 0.717) is 6.54 Å². The van der Waals surface area contributed by atoms with E-state index in [1.807, 2.05) is 54.6 Å². The fourth-order valence-corrected chi connectivity index (χ4v) is 3.12. The van der Waals surface area contributed by atoms with Gasteiger partial charge < -0.3 is 4.90 Å². The van der Waals surface area contributed by atoms with Gasteiger partial charge in [0.1, 0.15) is 0 Å². The summed E-state index contributed by atoms with van der Waals surface area (Å²) in [6.07, 6.45) is 7.03. The summed E-state index contributed by atoms with van der Waals surface area (Å²) in [5.41, 5.74) is 5.22. The van der Waals surface area contributed by atoms with Gasteiger partial charge in [0.2, 0.25) is 0 Å². The Morgan fingerprint density at radius 1 is 0.893 bits per heavy atom. The molecule has 28 heavy (non-hydrogen) atoms. The van der Waals surface area contributed by atoms with Crippen molar-refractivity contribution in [2.75, 3.05) is 7.05 Å². The molecular weight excluding hydrogens is 348 g/mol. The minimum atomic E-state index is -0.170. The summed E-state index contributed by atoms with van der Waals surface area (Å²) in [6, 6.07) is 21.9. The molecule has 0 spiro atoms. The Morgan fingerprint density at radius 2 is 1.61 bits per heavy atom. The minimum Gasteiger partial charge on any atom is -0.322 e. The summed E-state index contributed by atoms with van der Waals surface area (Å²) in [5.74, 6) is 0. The first-order chi connectivity index (χ1) is 13.7. The van der Waals surface area contributed by atoms with Crippen molar-refractivity contribution in [2.24, 2.45) is 0 Å². The maximum absolute atomic E-state index is 12.8. The van der Waals surface area contributed by atoms with Crippen LogP contribution in [0.15, 0.2) is 91.5 Å². The first-order valence-corrected chi connectivity index (χ1v) is 9.05. The molecule has 0 unspecified atom stereocenters.